The lowest BCUT2D eigenvalue weighted by molar-refractivity contribution is 0.0636. The van der Waals surface area contributed by atoms with Crippen molar-refractivity contribution in [2.75, 3.05) is 5.32 Å². The largest absolute Gasteiger partial charge is 0.444 e. The minimum absolute atomic E-state index is 0.489. The fraction of sp³-hybridized carbons (Fsp3) is 0.562. The second kappa shape index (κ2) is 5.85. The van der Waals surface area contributed by atoms with E-state index in [4.69, 9.17) is 16.3 Å². The first-order valence-corrected chi connectivity index (χ1v) is 7.56. The molecule has 2 rings (SSSR count). The summed E-state index contributed by atoms with van der Waals surface area (Å²) < 4.78 is 5.21. The number of hydrogen-bond acceptors (Lipinski definition) is 3. The predicted octanol–water partition coefficient (Wildman–Crippen LogP) is 4.14. The molecule has 1 fully saturated rings. The summed E-state index contributed by atoms with van der Waals surface area (Å²) >= 11 is 6.16. The summed E-state index contributed by atoms with van der Waals surface area (Å²) in [5.74, 6) is 0. The van der Waals surface area contributed by atoms with Crippen LogP contribution < -0.4 is 5.32 Å². The number of ether oxygens (including phenoxy) is 1. The molecule has 1 aromatic carbocycles. The number of halogens is 1. The molecule has 1 saturated carbocycles. The molecule has 0 heterocycles. The van der Waals surface area contributed by atoms with Gasteiger partial charge in [0.1, 0.15) is 5.60 Å². The summed E-state index contributed by atoms with van der Waals surface area (Å²) in [5, 5.41) is 13.2. The third-order valence-electron chi connectivity index (χ3n) is 3.38. The molecule has 116 valence electrons. The van der Waals surface area contributed by atoms with Crippen LogP contribution in [-0.4, -0.2) is 22.4 Å². The zero-order valence-corrected chi connectivity index (χ0v) is 13.5. The highest BCUT2D eigenvalue weighted by atomic mass is 35.5. The Morgan fingerprint density at radius 2 is 2.10 bits per heavy atom. The lowest BCUT2D eigenvalue weighted by atomic mass is 10.0. The van der Waals surface area contributed by atoms with Crippen LogP contribution in [0.4, 0.5) is 10.5 Å². The van der Waals surface area contributed by atoms with Crippen molar-refractivity contribution in [2.45, 2.75) is 57.7 Å². The lowest BCUT2D eigenvalue weighted by Gasteiger charge is -2.20. The van der Waals surface area contributed by atoms with Crippen LogP contribution in [0, 0.1) is 0 Å². The fourth-order valence-electron chi connectivity index (χ4n) is 2.03. The zero-order valence-electron chi connectivity index (χ0n) is 12.7. The van der Waals surface area contributed by atoms with E-state index in [-0.39, 0.29) is 0 Å². The lowest BCUT2D eigenvalue weighted by Crippen LogP contribution is -2.27. The van der Waals surface area contributed by atoms with Gasteiger partial charge in [-0.05, 0) is 70.2 Å². The number of nitrogens with one attached hydrogen (secondary N) is 1. The van der Waals surface area contributed by atoms with Gasteiger partial charge in [0.15, 0.2) is 0 Å². The van der Waals surface area contributed by atoms with Gasteiger partial charge in [0.25, 0.3) is 0 Å². The quantitative estimate of drug-likeness (QED) is 0.878. The number of anilines is 1. The average Bonchev–Trinajstić information content (AvgIpc) is 3.06. The normalized spacial score (nSPS) is 16.4. The molecule has 0 bridgehead atoms. The zero-order chi connectivity index (χ0) is 15.7. The molecule has 0 aromatic heterocycles. The third-order valence-corrected chi connectivity index (χ3v) is 3.75. The highest BCUT2D eigenvalue weighted by Gasteiger charge is 2.39. The van der Waals surface area contributed by atoms with Crippen molar-refractivity contribution in [1.29, 1.82) is 0 Å². The Labute approximate surface area is 130 Å². The Hall–Kier alpha value is -1.26. The number of aryl methyl sites for hydroxylation is 1. The second-order valence-corrected chi connectivity index (χ2v) is 7.06. The molecule has 0 saturated heterocycles. The van der Waals surface area contributed by atoms with Crippen LogP contribution in [-0.2, 0) is 11.2 Å². The van der Waals surface area contributed by atoms with Crippen molar-refractivity contribution in [1.82, 2.24) is 0 Å². The Morgan fingerprint density at radius 1 is 1.43 bits per heavy atom. The van der Waals surface area contributed by atoms with Crippen molar-refractivity contribution >= 4 is 23.4 Å². The van der Waals surface area contributed by atoms with Crippen LogP contribution in [0.15, 0.2) is 18.2 Å². The van der Waals surface area contributed by atoms with Gasteiger partial charge in [0.05, 0.1) is 5.60 Å². The molecule has 0 unspecified atom stereocenters. The SMILES string of the molecule is CC(C)(C)OC(=O)Nc1ccc(Cl)c(CCC2(O)CC2)c1. The number of rotatable bonds is 4. The van der Waals surface area contributed by atoms with Gasteiger partial charge in [-0.25, -0.2) is 4.79 Å². The maximum Gasteiger partial charge on any atom is 0.412 e. The van der Waals surface area contributed by atoms with E-state index in [9.17, 15) is 9.90 Å². The van der Waals surface area contributed by atoms with Gasteiger partial charge in [-0.3, -0.25) is 5.32 Å². The Bertz CT molecular complexity index is 533. The van der Waals surface area contributed by atoms with Crippen molar-refractivity contribution in [3.05, 3.63) is 28.8 Å². The van der Waals surface area contributed by atoms with Crippen LogP contribution in [0.25, 0.3) is 0 Å². The van der Waals surface area contributed by atoms with E-state index in [0.29, 0.717) is 23.6 Å². The molecule has 0 aliphatic heterocycles. The van der Waals surface area contributed by atoms with Gasteiger partial charge in [-0.15, -0.1) is 0 Å². The summed E-state index contributed by atoms with van der Waals surface area (Å²) in [6, 6.07) is 5.32. The molecule has 1 aliphatic carbocycles. The van der Waals surface area contributed by atoms with Crippen LogP contribution in [0.3, 0.4) is 0 Å². The number of carbonyl (C=O) groups excluding carboxylic acids is 1. The topological polar surface area (TPSA) is 58.6 Å². The minimum Gasteiger partial charge on any atom is -0.444 e. The fourth-order valence-corrected chi connectivity index (χ4v) is 2.24. The summed E-state index contributed by atoms with van der Waals surface area (Å²) in [7, 11) is 0. The molecule has 21 heavy (non-hydrogen) atoms. The first kappa shape index (κ1) is 16.1. The van der Waals surface area contributed by atoms with Crippen molar-refractivity contribution < 1.29 is 14.6 Å². The minimum atomic E-state index is -0.533. The molecule has 0 radical (unpaired) electrons. The van der Waals surface area contributed by atoms with E-state index in [1.807, 2.05) is 26.8 Å². The molecular weight excluding hydrogens is 290 g/mol. The van der Waals surface area contributed by atoms with Gasteiger partial charge < -0.3 is 9.84 Å². The number of carbonyl (C=O) groups is 1. The summed E-state index contributed by atoms with van der Waals surface area (Å²) in [4.78, 5) is 11.7. The average molecular weight is 312 g/mol. The molecule has 1 amide bonds. The highest BCUT2D eigenvalue weighted by Crippen LogP contribution is 2.39. The Morgan fingerprint density at radius 3 is 2.67 bits per heavy atom. The molecule has 1 aromatic rings. The number of hydrogen-bond donors (Lipinski definition) is 2. The van der Waals surface area contributed by atoms with Crippen molar-refractivity contribution in [2.24, 2.45) is 0 Å². The number of amides is 1. The molecule has 1 aliphatic rings. The van der Waals surface area contributed by atoms with Crippen LogP contribution in [0.2, 0.25) is 5.02 Å². The molecule has 2 N–H and O–H groups in total. The second-order valence-electron chi connectivity index (χ2n) is 6.66. The van der Waals surface area contributed by atoms with Crippen LogP contribution in [0.5, 0.6) is 0 Å². The number of benzene rings is 1. The van der Waals surface area contributed by atoms with E-state index >= 15 is 0 Å². The molecule has 0 atom stereocenters. The Balaban J connectivity index is 1.98. The maximum absolute atomic E-state index is 11.7. The molecule has 5 heteroatoms. The van der Waals surface area contributed by atoms with E-state index < -0.39 is 17.3 Å². The smallest absolute Gasteiger partial charge is 0.412 e. The van der Waals surface area contributed by atoms with E-state index in [1.165, 1.54) is 0 Å². The van der Waals surface area contributed by atoms with Gasteiger partial charge in [0.2, 0.25) is 0 Å². The van der Waals surface area contributed by atoms with Gasteiger partial charge >= 0.3 is 6.09 Å². The van der Waals surface area contributed by atoms with Gasteiger partial charge in [-0.1, -0.05) is 11.6 Å². The van der Waals surface area contributed by atoms with Crippen molar-refractivity contribution in [3.8, 4) is 0 Å². The predicted molar refractivity (Wildman–Crippen MR) is 83.8 cm³/mol. The maximum atomic E-state index is 11.7. The summed E-state index contributed by atoms with van der Waals surface area (Å²) in [6.45, 7) is 5.45. The monoisotopic (exact) mass is 311 g/mol. The van der Waals surface area contributed by atoms with Crippen LogP contribution >= 0.6 is 11.6 Å². The highest BCUT2D eigenvalue weighted by molar-refractivity contribution is 6.31. The first-order valence-electron chi connectivity index (χ1n) is 7.18. The number of aliphatic hydroxyl groups is 1. The van der Waals surface area contributed by atoms with Gasteiger partial charge in [0, 0.05) is 10.7 Å². The summed E-state index contributed by atoms with van der Waals surface area (Å²) in [5.41, 5.74) is 0.531. The summed E-state index contributed by atoms with van der Waals surface area (Å²) in [6.07, 6.45) is 2.62. The van der Waals surface area contributed by atoms with Gasteiger partial charge in [-0.2, -0.15) is 0 Å². The van der Waals surface area contributed by atoms with Crippen molar-refractivity contribution in [3.63, 3.8) is 0 Å². The third kappa shape index (κ3) is 5.21. The standard InChI is InChI=1S/C16H22ClNO3/c1-15(2,3)21-14(19)18-12-4-5-13(17)11(10-12)6-7-16(20)8-9-16/h4-5,10,20H,6-9H2,1-3H3,(H,18,19). The Kier molecular flexibility index (Phi) is 4.49. The van der Waals surface area contributed by atoms with Crippen LogP contribution in [0.1, 0.15) is 45.6 Å². The first-order chi connectivity index (χ1) is 9.67. The molecular formula is C16H22ClNO3. The molecule has 4 nitrogen and oxygen atoms in total. The van der Waals surface area contributed by atoms with E-state index in [1.54, 1.807) is 12.1 Å². The van der Waals surface area contributed by atoms with E-state index in [2.05, 4.69) is 5.32 Å². The van der Waals surface area contributed by atoms with E-state index in [0.717, 1.165) is 18.4 Å². The molecule has 0 spiro atoms.